The summed E-state index contributed by atoms with van der Waals surface area (Å²) < 4.78 is 1.27. The van der Waals surface area contributed by atoms with Crippen LogP contribution in [0, 0.1) is 0 Å². The van der Waals surface area contributed by atoms with Crippen molar-refractivity contribution in [3.05, 3.63) is 24.3 Å². The number of carboxylic acid groups (broad SMARTS) is 1. The summed E-state index contributed by atoms with van der Waals surface area (Å²) in [5.74, 6) is -0.917. The van der Waals surface area contributed by atoms with Crippen LogP contribution in [-0.4, -0.2) is 25.6 Å². The van der Waals surface area contributed by atoms with Crippen LogP contribution < -0.4 is 24.0 Å². The van der Waals surface area contributed by atoms with E-state index in [9.17, 15) is 9.90 Å². The van der Waals surface area contributed by atoms with E-state index in [4.69, 9.17) is 0 Å². The van der Waals surface area contributed by atoms with E-state index < -0.39 is 5.97 Å². The standard InChI is InChI=1S/C6H4N4O2.Li/c11-5(12)4-1-7-6-8-3-9-10(6)2-4;/h1-3H,(H,11,12);/q;+1/p-1. The quantitative estimate of drug-likeness (QED) is 0.403. The summed E-state index contributed by atoms with van der Waals surface area (Å²) in [6, 6.07) is 0. The molecule has 0 bridgehead atoms. The molecule has 13 heavy (non-hydrogen) atoms. The molecule has 2 aromatic rings. The number of carbonyl (C=O) groups is 1. The van der Waals surface area contributed by atoms with E-state index in [-0.39, 0.29) is 24.4 Å². The van der Waals surface area contributed by atoms with Gasteiger partial charge < -0.3 is 9.90 Å². The van der Waals surface area contributed by atoms with Crippen molar-refractivity contribution in [3.63, 3.8) is 0 Å². The first-order valence-electron chi connectivity index (χ1n) is 3.14. The number of carbonyl (C=O) groups excluding carboxylic acids is 1. The normalized spacial score (nSPS) is 9.54. The number of aromatic nitrogens is 4. The first kappa shape index (κ1) is 9.70. The third kappa shape index (κ3) is 1.69. The summed E-state index contributed by atoms with van der Waals surface area (Å²) in [5.41, 5.74) is -0.0204. The molecule has 0 amide bonds. The van der Waals surface area contributed by atoms with Gasteiger partial charge in [0, 0.05) is 18.0 Å². The molecular weight excluding hydrogens is 167 g/mol. The Labute approximate surface area is 84.8 Å². The van der Waals surface area contributed by atoms with Crippen molar-refractivity contribution < 1.29 is 28.8 Å². The molecule has 7 heteroatoms. The predicted octanol–water partition coefficient (Wildman–Crippen LogP) is -4.51. The molecule has 2 aromatic heterocycles. The van der Waals surface area contributed by atoms with Gasteiger partial charge in [0.25, 0.3) is 5.78 Å². The van der Waals surface area contributed by atoms with Gasteiger partial charge in [0.2, 0.25) is 0 Å². The molecule has 0 radical (unpaired) electrons. The Kier molecular flexibility index (Phi) is 2.65. The van der Waals surface area contributed by atoms with Crippen LogP contribution in [0.25, 0.3) is 5.78 Å². The molecule has 60 valence electrons. The molecule has 0 unspecified atom stereocenters. The minimum absolute atomic E-state index is 0. The Morgan fingerprint density at radius 1 is 1.46 bits per heavy atom. The summed E-state index contributed by atoms with van der Waals surface area (Å²) in [6.07, 6.45) is 3.77. The maximum atomic E-state index is 10.4. The van der Waals surface area contributed by atoms with Gasteiger partial charge in [-0.15, -0.1) is 0 Å². The number of aromatic carboxylic acids is 1. The Hall–Kier alpha value is -1.38. The molecule has 0 atom stereocenters. The van der Waals surface area contributed by atoms with Crippen LogP contribution in [0.2, 0.25) is 0 Å². The molecule has 0 saturated heterocycles. The molecule has 0 aliphatic heterocycles. The fourth-order valence-corrected chi connectivity index (χ4v) is 0.825. The number of rotatable bonds is 1. The minimum Gasteiger partial charge on any atom is -0.545 e. The molecule has 2 rings (SSSR count). The second kappa shape index (κ2) is 3.56. The van der Waals surface area contributed by atoms with Crippen LogP contribution in [-0.2, 0) is 0 Å². The molecule has 0 aromatic carbocycles. The van der Waals surface area contributed by atoms with Crippen molar-refractivity contribution in [1.82, 2.24) is 19.6 Å². The number of carboxylic acids is 1. The minimum atomic E-state index is -1.28. The Morgan fingerprint density at radius 2 is 2.23 bits per heavy atom. The Bertz CT molecular complexity index is 441. The molecule has 0 saturated carbocycles. The van der Waals surface area contributed by atoms with Gasteiger partial charge in [-0.3, -0.25) is 0 Å². The van der Waals surface area contributed by atoms with Crippen molar-refractivity contribution in [2.45, 2.75) is 0 Å². The predicted molar refractivity (Wildman–Crippen MR) is 35.1 cm³/mol. The van der Waals surface area contributed by atoms with Gasteiger partial charge in [-0.25, -0.2) is 9.50 Å². The van der Waals surface area contributed by atoms with Crippen LogP contribution >= 0.6 is 0 Å². The first-order chi connectivity index (χ1) is 5.77. The third-order valence-electron chi connectivity index (χ3n) is 1.37. The van der Waals surface area contributed by atoms with E-state index in [1.54, 1.807) is 0 Å². The number of hydrogen-bond acceptors (Lipinski definition) is 5. The Balaban J connectivity index is 0.000000845. The molecule has 0 aliphatic carbocycles. The number of hydrogen-bond donors (Lipinski definition) is 0. The smallest absolute Gasteiger partial charge is 0.545 e. The zero-order valence-electron chi connectivity index (χ0n) is 6.84. The second-order valence-corrected chi connectivity index (χ2v) is 2.13. The summed E-state index contributed by atoms with van der Waals surface area (Å²) in [4.78, 5) is 17.8. The van der Waals surface area contributed by atoms with Crippen molar-refractivity contribution in [3.8, 4) is 0 Å². The van der Waals surface area contributed by atoms with Crippen molar-refractivity contribution in [2.75, 3.05) is 0 Å². The maximum Gasteiger partial charge on any atom is 1.00 e. The molecular formula is C6H3LiN4O2. The first-order valence-corrected chi connectivity index (χ1v) is 3.14. The maximum absolute atomic E-state index is 10.4. The average molecular weight is 170 g/mol. The topological polar surface area (TPSA) is 83.2 Å². The molecule has 0 aliphatic rings. The monoisotopic (exact) mass is 170 g/mol. The van der Waals surface area contributed by atoms with Gasteiger partial charge in [0.1, 0.15) is 6.33 Å². The second-order valence-electron chi connectivity index (χ2n) is 2.13. The van der Waals surface area contributed by atoms with Crippen molar-refractivity contribution >= 4 is 11.7 Å². The van der Waals surface area contributed by atoms with Crippen LogP contribution in [0.5, 0.6) is 0 Å². The molecule has 0 fully saturated rings. The van der Waals surface area contributed by atoms with Crippen LogP contribution in [0.4, 0.5) is 0 Å². The van der Waals surface area contributed by atoms with Crippen LogP contribution in [0.1, 0.15) is 10.4 Å². The van der Waals surface area contributed by atoms with E-state index >= 15 is 0 Å². The number of nitrogens with zero attached hydrogens (tertiary/aromatic N) is 4. The van der Waals surface area contributed by atoms with E-state index in [1.165, 1.54) is 23.2 Å². The SMILES string of the molecule is O=C([O-])c1cnc2ncnn2c1.[Li+]. The van der Waals surface area contributed by atoms with Gasteiger partial charge in [-0.2, -0.15) is 10.1 Å². The van der Waals surface area contributed by atoms with Crippen molar-refractivity contribution in [2.24, 2.45) is 0 Å². The zero-order valence-corrected chi connectivity index (χ0v) is 6.84. The summed E-state index contributed by atoms with van der Waals surface area (Å²) >= 11 is 0. The largest absolute Gasteiger partial charge is 1.00 e. The van der Waals surface area contributed by atoms with E-state index in [0.717, 1.165) is 0 Å². The van der Waals surface area contributed by atoms with Gasteiger partial charge in [-0.1, -0.05) is 0 Å². The summed E-state index contributed by atoms with van der Waals surface area (Å²) in [6.45, 7) is 0. The van der Waals surface area contributed by atoms with Crippen LogP contribution in [0.3, 0.4) is 0 Å². The zero-order chi connectivity index (χ0) is 8.55. The fourth-order valence-electron chi connectivity index (χ4n) is 0.825. The molecule has 2 heterocycles. The third-order valence-corrected chi connectivity index (χ3v) is 1.37. The van der Waals surface area contributed by atoms with E-state index in [1.807, 2.05) is 0 Å². The number of fused-ring (bicyclic) bond motifs is 1. The van der Waals surface area contributed by atoms with Crippen molar-refractivity contribution in [1.29, 1.82) is 0 Å². The van der Waals surface area contributed by atoms with Gasteiger partial charge in [0.05, 0.1) is 5.97 Å². The summed E-state index contributed by atoms with van der Waals surface area (Å²) in [5, 5.41) is 14.1. The van der Waals surface area contributed by atoms with E-state index in [0.29, 0.717) is 5.78 Å². The average Bonchev–Trinajstić information content (AvgIpc) is 2.49. The molecule has 0 spiro atoms. The Morgan fingerprint density at radius 3 is 2.92 bits per heavy atom. The summed E-state index contributed by atoms with van der Waals surface area (Å²) in [7, 11) is 0. The van der Waals surface area contributed by atoms with Gasteiger partial charge in [0.15, 0.2) is 0 Å². The molecule has 0 N–H and O–H groups in total. The van der Waals surface area contributed by atoms with E-state index in [2.05, 4.69) is 15.1 Å². The van der Waals surface area contributed by atoms with Crippen LogP contribution in [0.15, 0.2) is 18.7 Å². The fraction of sp³-hybridized carbons (Fsp3) is 0. The van der Waals surface area contributed by atoms with Gasteiger partial charge >= 0.3 is 18.9 Å². The van der Waals surface area contributed by atoms with Gasteiger partial charge in [-0.05, 0) is 0 Å². The molecule has 6 nitrogen and oxygen atoms in total.